The molecule has 3 heterocycles. The number of halogens is 2. The second-order valence-corrected chi connectivity index (χ2v) is 10.4. The van der Waals surface area contributed by atoms with Gasteiger partial charge in [0, 0.05) is 16.5 Å². The van der Waals surface area contributed by atoms with E-state index in [2.05, 4.69) is 26.0 Å². The van der Waals surface area contributed by atoms with Crippen LogP contribution in [-0.4, -0.2) is 20.5 Å². The van der Waals surface area contributed by atoms with E-state index in [4.69, 9.17) is 0 Å². The van der Waals surface area contributed by atoms with Crippen LogP contribution in [0.25, 0.3) is 10.5 Å². The van der Waals surface area contributed by atoms with Crippen LogP contribution < -0.4 is 20.6 Å². The van der Waals surface area contributed by atoms with Crippen LogP contribution in [0.5, 0.6) is 0 Å². The minimum Gasteiger partial charge on any atom is -0.303 e. The molecular weight excluding hydrogens is 559 g/mol. The SMILES string of the molecule is O=C1C(=c2sc3nc(=O)c(Cc4ccccc4)nn3c2=O)c2cc(Br)ccc2N1Cc1ccc(F)cc1. The van der Waals surface area contributed by atoms with Gasteiger partial charge in [0.2, 0.25) is 4.96 Å². The van der Waals surface area contributed by atoms with E-state index in [-0.39, 0.29) is 45.5 Å². The van der Waals surface area contributed by atoms with Crippen LogP contribution in [0.15, 0.2) is 86.9 Å². The molecule has 0 unspecified atom stereocenters. The number of aromatic nitrogens is 3. The predicted molar refractivity (Wildman–Crippen MR) is 142 cm³/mol. The molecule has 7 nitrogen and oxygen atoms in total. The summed E-state index contributed by atoms with van der Waals surface area (Å²) in [5.41, 5.74) is 2.16. The number of rotatable bonds is 4. The molecule has 0 bridgehead atoms. The van der Waals surface area contributed by atoms with Crippen molar-refractivity contribution in [3.05, 3.63) is 131 Å². The molecule has 5 aromatic rings. The van der Waals surface area contributed by atoms with Gasteiger partial charge in [-0.25, -0.2) is 4.39 Å². The molecular formula is C27H16BrFN4O3S. The Morgan fingerprint density at radius 1 is 0.919 bits per heavy atom. The van der Waals surface area contributed by atoms with Crippen LogP contribution >= 0.6 is 27.3 Å². The summed E-state index contributed by atoms with van der Waals surface area (Å²) >= 11 is 4.41. The third-order valence-electron chi connectivity index (χ3n) is 6.10. The summed E-state index contributed by atoms with van der Waals surface area (Å²) in [6.45, 7) is 0.200. The Labute approximate surface area is 221 Å². The lowest BCUT2D eigenvalue weighted by molar-refractivity contribution is -0.113. The number of fused-ring (bicyclic) bond motifs is 2. The average Bonchev–Trinajstić information content (AvgIpc) is 3.33. The Bertz CT molecular complexity index is 1870. The Balaban J connectivity index is 1.51. The van der Waals surface area contributed by atoms with E-state index >= 15 is 0 Å². The van der Waals surface area contributed by atoms with Crippen molar-refractivity contribution in [2.45, 2.75) is 13.0 Å². The summed E-state index contributed by atoms with van der Waals surface area (Å²) in [6, 6.07) is 20.6. The number of thiazole rings is 1. The van der Waals surface area contributed by atoms with Gasteiger partial charge in [0.1, 0.15) is 16.0 Å². The third kappa shape index (κ3) is 4.17. The number of carbonyl (C=O) groups is 1. The highest BCUT2D eigenvalue weighted by Crippen LogP contribution is 2.38. The topological polar surface area (TPSA) is 84.6 Å². The maximum absolute atomic E-state index is 13.7. The van der Waals surface area contributed by atoms with Gasteiger partial charge in [0.15, 0.2) is 0 Å². The van der Waals surface area contributed by atoms with Crippen molar-refractivity contribution < 1.29 is 9.18 Å². The van der Waals surface area contributed by atoms with Crippen molar-refractivity contribution in [1.82, 2.24) is 14.6 Å². The lowest BCUT2D eigenvalue weighted by atomic mass is 10.1. The number of nitrogens with zero attached hydrogens (tertiary/aromatic N) is 4. The molecule has 0 N–H and O–H groups in total. The molecule has 0 radical (unpaired) electrons. The fourth-order valence-corrected chi connectivity index (χ4v) is 5.70. The highest BCUT2D eigenvalue weighted by atomic mass is 79.9. The lowest BCUT2D eigenvalue weighted by Crippen LogP contribution is -2.33. The fraction of sp³-hybridized carbons (Fsp3) is 0.0741. The second kappa shape index (κ2) is 9.13. The molecule has 6 rings (SSSR count). The lowest BCUT2D eigenvalue weighted by Gasteiger charge is -2.17. The maximum atomic E-state index is 13.7. The molecule has 0 spiro atoms. The molecule has 37 heavy (non-hydrogen) atoms. The zero-order valence-electron chi connectivity index (χ0n) is 19.0. The van der Waals surface area contributed by atoms with E-state index in [9.17, 15) is 18.8 Å². The largest absolute Gasteiger partial charge is 0.303 e. The molecule has 1 aliphatic heterocycles. The molecule has 3 aromatic carbocycles. The average molecular weight is 575 g/mol. The van der Waals surface area contributed by atoms with E-state index in [0.717, 1.165) is 31.5 Å². The van der Waals surface area contributed by atoms with Crippen molar-refractivity contribution in [2.75, 3.05) is 4.90 Å². The highest BCUT2D eigenvalue weighted by Gasteiger charge is 2.34. The summed E-state index contributed by atoms with van der Waals surface area (Å²) in [4.78, 5) is 45.6. The molecule has 1 amide bonds. The first-order chi connectivity index (χ1) is 17.9. The predicted octanol–water partition coefficient (Wildman–Crippen LogP) is 3.47. The molecule has 0 fully saturated rings. The summed E-state index contributed by atoms with van der Waals surface area (Å²) in [7, 11) is 0. The summed E-state index contributed by atoms with van der Waals surface area (Å²) in [5.74, 6) is -0.732. The van der Waals surface area contributed by atoms with Crippen LogP contribution in [-0.2, 0) is 17.8 Å². The van der Waals surface area contributed by atoms with Crippen molar-refractivity contribution >= 4 is 49.4 Å². The standard InChI is InChI=1S/C27H16BrFN4O3S/c28-17-8-11-21-19(13-17)22(25(35)32(21)14-16-6-9-18(29)10-7-16)23-26(36)33-27(37-23)30-24(34)20(31-33)12-15-4-2-1-3-5-15/h1-11,13H,12,14H2. The van der Waals surface area contributed by atoms with Crippen LogP contribution in [0.3, 0.4) is 0 Å². The van der Waals surface area contributed by atoms with Crippen LogP contribution in [0.1, 0.15) is 22.4 Å². The quantitative estimate of drug-likeness (QED) is 0.328. The maximum Gasteiger partial charge on any atom is 0.296 e. The number of hydrogen-bond acceptors (Lipinski definition) is 6. The molecule has 1 aliphatic rings. The first-order valence-corrected chi connectivity index (χ1v) is 12.9. The van der Waals surface area contributed by atoms with Gasteiger partial charge in [-0.1, -0.05) is 69.7 Å². The summed E-state index contributed by atoms with van der Waals surface area (Å²) in [5, 5.41) is 4.31. The van der Waals surface area contributed by atoms with Gasteiger partial charge in [-0.2, -0.15) is 14.6 Å². The van der Waals surface area contributed by atoms with E-state index < -0.39 is 11.1 Å². The Morgan fingerprint density at radius 3 is 2.43 bits per heavy atom. The normalized spacial score (nSPS) is 14.4. The van der Waals surface area contributed by atoms with Crippen LogP contribution in [0.4, 0.5) is 10.1 Å². The minimum atomic E-state index is -0.514. The van der Waals surface area contributed by atoms with Crippen molar-refractivity contribution in [2.24, 2.45) is 0 Å². The van der Waals surface area contributed by atoms with Gasteiger partial charge < -0.3 is 4.90 Å². The van der Waals surface area contributed by atoms with Crippen molar-refractivity contribution in [3.8, 4) is 0 Å². The van der Waals surface area contributed by atoms with Gasteiger partial charge >= 0.3 is 0 Å². The summed E-state index contributed by atoms with van der Waals surface area (Å²) < 4.78 is 15.4. The van der Waals surface area contributed by atoms with Gasteiger partial charge in [-0.05, 0) is 41.5 Å². The number of amides is 1. The van der Waals surface area contributed by atoms with Gasteiger partial charge in [-0.15, -0.1) is 0 Å². The molecule has 10 heteroatoms. The Kier molecular flexibility index (Phi) is 5.77. The van der Waals surface area contributed by atoms with Crippen LogP contribution in [0.2, 0.25) is 0 Å². The zero-order valence-corrected chi connectivity index (χ0v) is 21.4. The highest BCUT2D eigenvalue weighted by molar-refractivity contribution is 9.10. The smallest absolute Gasteiger partial charge is 0.296 e. The minimum absolute atomic E-state index is 0.121. The van der Waals surface area contributed by atoms with Gasteiger partial charge in [-0.3, -0.25) is 14.4 Å². The fourth-order valence-electron chi connectivity index (χ4n) is 4.34. The zero-order chi connectivity index (χ0) is 25.7. The molecule has 2 aromatic heterocycles. The summed E-state index contributed by atoms with van der Waals surface area (Å²) in [6.07, 6.45) is 0.233. The van der Waals surface area contributed by atoms with Gasteiger partial charge in [0.05, 0.1) is 17.8 Å². The van der Waals surface area contributed by atoms with E-state index in [1.54, 1.807) is 29.2 Å². The molecule has 0 atom stereocenters. The molecule has 0 aliphatic carbocycles. The van der Waals surface area contributed by atoms with Crippen molar-refractivity contribution in [3.63, 3.8) is 0 Å². The van der Waals surface area contributed by atoms with E-state index in [0.29, 0.717) is 11.3 Å². The molecule has 182 valence electrons. The second-order valence-electron chi connectivity index (χ2n) is 8.51. The number of hydrogen-bond donors (Lipinski definition) is 0. The van der Waals surface area contributed by atoms with Crippen LogP contribution in [0, 0.1) is 5.82 Å². The third-order valence-corrected chi connectivity index (χ3v) is 7.62. The van der Waals surface area contributed by atoms with E-state index in [1.807, 2.05) is 36.4 Å². The van der Waals surface area contributed by atoms with Gasteiger partial charge in [0.25, 0.3) is 17.0 Å². The monoisotopic (exact) mass is 574 g/mol. The number of benzene rings is 3. The number of carbonyl (C=O) groups excluding carboxylic acids is 1. The first kappa shape index (κ1) is 23.4. The Hall–Kier alpha value is -4.02. The number of anilines is 1. The molecule has 0 saturated carbocycles. The molecule has 0 saturated heterocycles. The Morgan fingerprint density at radius 2 is 1.68 bits per heavy atom. The van der Waals surface area contributed by atoms with Crippen molar-refractivity contribution in [1.29, 1.82) is 0 Å². The first-order valence-electron chi connectivity index (χ1n) is 11.3. The van der Waals surface area contributed by atoms with E-state index in [1.165, 1.54) is 12.1 Å².